The molecule has 0 radical (unpaired) electrons. The van der Waals surface area contributed by atoms with Gasteiger partial charge in [-0.25, -0.2) is 9.78 Å². The lowest BCUT2D eigenvalue weighted by Gasteiger charge is -2.05. The molecule has 0 atom stereocenters. The molecule has 0 aliphatic carbocycles. The van der Waals surface area contributed by atoms with Gasteiger partial charge in [0.1, 0.15) is 4.88 Å². The number of anilines is 2. The van der Waals surface area contributed by atoms with E-state index in [4.69, 9.17) is 4.74 Å². The number of nitrogens with one attached hydrogen (secondary N) is 1. The lowest BCUT2D eigenvalue weighted by molar-refractivity contribution is 0.0384. The van der Waals surface area contributed by atoms with E-state index >= 15 is 0 Å². The van der Waals surface area contributed by atoms with E-state index in [2.05, 4.69) is 10.3 Å². The average molecular weight is 439 g/mol. The van der Waals surface area contributed by atoms with Crippen molar-refractivity contribution >= 4 is 56.4 Å². The van der Waals surface area contributed by atoms with Crippen LogP contribution in [-0.4, -0.2) is 17.1 Å². The molecule has 0 saturated carbocycles. The van der Waals surface area contributed by atoms with E-state index in [1.807, 2.05) is 62.5 Å². The van der Waals surface area contributed by atoms with Crippen LogP contribution in [0.4, 0.5) is 10.8 Å². The fourth-order valence-corrected chi connectivity index (χ4v) is 3.85. The van der Waals surface area contributed by atoms with E-state index in [9.17, 15) is 4.79 Å². The zero-order chi connectivity index (χ0) is 17.1. The van der Waals surface area contributed by atoms with Crippen molar-refractivity contribution in [3.8, 4) is 11.3 Å². The maximum Gasteiger partial charge on any atom is 0.348 e. The number of ether oxygens (including phenoxy) is 1. The monoisotopic (exact) mass is 438 g/mol. The number of halogens is 1. The van der Waals surface area contributed by atoms with Gasteiger partial charge in [0.25, 0.3) is 0 Å². The molecular weight excluding hydrogens is 420 g/mol. The van der Waals surface area contributed by atoms with E-state index in [0.717, 1.165) is 27.0 Å². The fraction of sp³-hybridized carbons (Fsp3) is 0.222. The van der Waals surface area contributed by atoms with Gasteiger partial charge < -0.3 is 10.1 Å². The molecule has 132 valence electrons. The Morgan fingerprint density at radius 2 is 1.96 bits per heavy atom. The number of rotatable bonds is 5. The van der Waals surface area contributed by atoms with Crippen molar-refractivity contribution in [2.24, 2.45) is 0 Å². The molecule has 0 saturated heterocycles. The third-order valence-electron chi connectivity index (χ3n) is 3.27. The number of esters is 1. The zero-order valence-electron chi connectivity index (χ0n) is 14.1. The first-order valence-corrected chi connectivity index (χ1v) is 9.32. The second kappa shape index (κ2) is 8.60. The second-order valence-electron chi connectivity index (χ2n) is 5.56. The van der Waals surface area contributed by atoms with Gasteiger partial charge in [-0.1, -0.05) is 18.2 Å². The lowest BCUT2D eigenvalue weighted by Crippen LogP contribution is -2.09. The van der Waals surface area contributed by atoms with Crippen LogP contribution in [0.2, 0.25) is 0 Å². The van der Waals surface area contributed by atoms with Gasteiger partial charge in [-0.2, -0.15) is 0 Å². The van der Waals surface area contributed by atoms with Gasteiger partial charge in [-0.15, -0.1) is 39.7 Å². The first-order chi connectivity index (χ1) is 11.5. The van der Waals surface area contributed by atoms with Crippen molar-refractivity contribution in [3.05, 3.63) is 51.5 Å². The minimum absolute atomic E-state index is 0. The molecule has 0 aliphatic heterocycles. The molecule has 2 aromatic heterocycles. The number of hydrogen-bond acceptors (Lipinski definition) is 6. The maximum atomic E-state index is 12.1. The lowest BCUT2D eigenvalue weighted by atomic mass is 10.2. The normalized spacial score (nSPS) is 10.4. The highest BCUT2D eigenvalue weighted by Crippen LogP contribution is 2.34. The third-order valence-corrected chi connectivity index (χ3v) is 5.06. The predicted octanol–water partition coefficient (Wildman–Crippen LogP) is 6.07. The molecule has 4 nitrogen and oxygen atoms in total. The highest BCUT2D eigenvalue weighted by molar-refractivity contribution is 8.93. The molecule has 3 aromatic rings. The molecule has 0 aliphatic rings. The summed E-state index contributed by atoms with van der Waals surface area (Å²) in [4.78, 5) is 18.4. The Hall–Kier alpha value is -1.70. The van der Waals surface area contributed by atoms with Crippen molar-refractivity contribution in [2.75, 3.05) is 5.32 Å². The summed E-state index contributed by atoms with van der Waals surface area (Å²) in [6.45, 7) is 5.69. The van der Waals surface area contributed by atoms with E-state index in [1.165, 1.54) is 11.3 Å². The summed E-state index contributed by atoms with van der Waals surface area (Å²) in [5, 5.41) is 6.11. The number of carbonyl (C=O) groups excluding carboxylic acids is 1. The van der Waals surface area contributed by atoms with Crippen LogP contribution in [0.25, 0.3) is 11.3 Å². The predicted molar refractivity (Wildman–Crippen MR) is 111 cm³/mol. The Kier molecular flexibility index (Phi) is 6.75. The number of benzene rings is 1. The van der Waals surface area contributed by atoms with Crippen molar-refractivity contribution in [1.29, 1.82) is 0 Å². The standard InChI is InChI=1S/C18H18N2O2S2.BrH/c1-11(2)22-17(21)16-9-14(12(3)24-16)15-10-23-18(20-15)19-13-7-5-4-6-8-13;/h4-11H,1-3H3,(H,19,20);1H. The number of thiophene rings is 1. The Labute approximate surface area is 165 Å². The van der Waals surface area contributed by atoms with E-state index < -0.39 is 0 Å². The molecular formula is C18H19BrN2O2S2. The maximum absolute atomic E-state index is 12.1. The molecule has 3 rings (SSSR count). The molecule has 0 amide bonds. The number of para-hydroxylation sites is 1. The molecule has 2 heterocycles. The first kappa shape index (κ1) is 19.6. The van der Waals surface area contributed by atoms with Crippen molar-refractivity contribution < 1.29 is 9.53 Å². The number of thiazole rings is 1. The summed E-state index contributed by atoms with van der Waals surface area (Å²) >= 11 is 2.98. The summed E-state index contributed by atoms with van der Waals surface area (Å²) in [6, 6.07) is 11.8. The van der Waals surface area contributed by atoms with Crippen molar-refractivity contribution in [1.82, 2.24) is 4.98 Å². The van der Waals surface area contributed by atoms with Crippen LogP contribution < -0.4 is 5.32 Å². The number of carbonyl (C=O) groups is 1. The van der Waals surface area contributed by atoms with Crippen LogP contribution in [0.15, 0.2) is 41.8 Å². The summed E-state index contributed by atoms with van der Waals surface area (Å²) in [5.74, 6) is -0.276. The Morgan fingerprint density at radius 1 is 1.24 bits per heavy atom. The molecule has 0 unspecified atom stereocenters. The van der Waals surface area contributed by atoms with Gasteiger partial charge in [0.2, 0.25) is 0 Å². The zero-order valence-corrected chi connectivity index (χ0v) is 17.5. The highest BCUT2D eigenvalue weighted by atomic mass is 79.9. The van der Waals surface area contributed by atoms with Crippen LogP contribution in [0, 0.1) is 6.92 Å². The average Bonchev–Trinajstić information content (AvgIpc) is 3.14. The molecule has 25 heavy (non-hydrogen) atoms. The molecule has 7 heteroatoms. The van der Waals surface area contributed by atoms with Crippen LogP contribution in [0.3, 0.4) is 0 Å². The smallest absolute Gasteiger partial charge is 0.348 e. The molecule has 0 fully saturated rings. The van der Waals surface area contributed by atoms with Crippen molar-refractivity contribution in [2.45, 2.75) is 26.9 Å². The second-order valence-corrected chi connectivity index (χ2v) is 7.68. The van der Waals surface area contributed by atoms with Gasteiger partial charge in [0.05, 0.1) is 11.8 Å². The topological polar surface area (TPSA) is 51.2 Å². The Morgan fingerprint density at radius 3 is 2.64 bits per heavy atom. The van der Waals surface area contributed by atoms with Crippen LogP contribution in [-0.2, 0) is 4.74 Å². The van der Waals surface area contributed by atoms with Gasteiger partial charge >= 0.3 is 5.97 Å². The number of hydrogen-bond donors (Lipinski definition) is 1. The van der Waals surface area contributed by atoms with Gasteiger partial charge in [0, 0.05) is 21.5 Å². The summed E-state index contributed by atoms with van der Waals surface area (Å²) in [6.07, 6.45) is -0.121. The quantitative estimate of drug-likeness (QED) is 0.491. The van der Waals surface area contributed by atoms with Crippen LogP contribution in [0.1, 0.15) is 28.4 Å². The highest BCUT2D eigenvalue weighted by Gasteiger charge is 2.17. The SMILES string of the molecule is Br.Cc1sc(C(=O)OC(C)C)cc1-c1csc(Nc2ccccc2)n1. The fourth-order valence-electron chi connectivity index (χ4n) is 2.21. The van der Waals surface area contributed by atoms with Crippen LogP contribution >= 0.6 is 39.7 Å². The largest absolute Gasteiger partial charge is 0.459 e. The first-order valence-electron chi connectivity index (χ1n) is 7.62. The third kappa shape index (κ3) is 4.90. The minimum atomic E-state index is -0.276. The van der Waals surface area contributed by atoms with E-state index in [-0.39, 0.29) is 29.1 Å². The van der Waals surface area contributed by atoms with Gasteiger partial charge in [-0.3, -0.25) is 0 Å². The van der Waals surface area contributed by atoms with Gasteiger partial charge in [-0.05, 0) is 39.0 Å². The van der Waals surface area contributed by atoms with Crippen molar-refractivity contribution in [3.63, 3.8) is 0 Å². The molecule has 1 aromatic carbocycles. The number of aromatic nitrogens is 1. The molecule has 0 spiro atoms. The molecule has 0 bridgehead atoms. The minimum Gasteiger partial charge on any atom is -0.459 e. The van der Waals surface area contributed by atoms with E-state index in [1.54, 1.807) is 11.3 Å². The van der Waals surface area contributed by atoms with E-state index in [0.29, 0.717) is 4.88 Å². The summed E-state index contributed by atoms with van der Waals surface area (Å²) < 4.78 is 5.27. The number of nitrogens with zero attached hydrogens (tertiary/aromatic N) is 1. The molecule has 1 N–H and O–H groups in total. The van der Waals surface area contributed by atoms with Crippen LogP contribution in [0.5, 0.6) is 0 Å². The summed E-state index contributed by atoms with van der Waals surface area (Å²) in [5.41, 5.74) is 2.85. The Bertz CT molecular complexity index is 844. The number of aryl methyl sites for hydroxylation is 1. The Balaban J connectivity index is 0.00000225. The van der Waals surface area contributed by atoms with Gasteiger partial charge in [0.15, 0.2) is 5.13 Å². The summed E-state index contributed by atoms with van der Waals surface area (Å²) in [7, 11) is 0.